The van der Waals surface area contributed by atoms with Crippen LogP contribution < -0.4 is 56.7 Å². The molecule has 1 amide bonds. The van der Waals surface area contributed by atoms with Crippen LogP contribution in [-0.4, -0.2) is 16.0 Å². The summed E-state index contributed by atoms with van der Waals surface area (Å²) in [6, 6.07) is 29.4. The molecule has 3 aromatic carbocycles. The van der Waals surface area contributed by atoms with Gasteiger partial charge in [-0.25, -0.2) is 10.1 Å². The van der Waals surface area contributed by atoms with E-state index in [2.05, 4.69) is 43.5 Å². The van der Waals surface area contributed by atoms with Crippen LogP contribution in [0.4, 0.5) is 5.69 Å². The molecule has 0 saturated carbocycles. The molecule has 188 valence electrons. The van der Waals surface area contributed by atoms with Crippen molar-refractivity contribution < 1.29 is 60.7 Å². The Kier molecular flexibility index (Phi) is 11.5. The number of nitrogens with one attached hydrogen (secondary N) is 1. The fourth-order valence-electron chi connectivity index (χ4n) is 3.37. The molecule has 0 aliphatic heterocycles. The average Bonchev–Trinajstić information content (AvgIpc) is 3.57. The van der Waals surface area contributed by atoms with Crippen molar-refractivity contribution in [3.8, 4) is 21.8 Å². The molecular weight excluding hydrogens is 541 g/mol. The summed E-state index contributed by atoms with van der Waals surface area (Å²) in [5.41, 5.74) is 3.64. The van der Waals surface area contributed by atoms with Gasteiger partial charge in [0.2, 0.25) is 5.91 Å². The Morgan fingerprint density at radius 2 is 1.68 bits per heavy atom. The fraction of sp³-hybridized carbons (Fsp3) is 0.167. The van der Waals surface area contributed by atoms with Crippen LogP contribution >= 0.6 is 22.9 Å². The van der Waals surface area contributed by atoms with Gasteiger partial charge in [0.05, 0.1) is 12.1 Å². The normalized spacial score (nSPS) is 10.6. The number of thiazole rings is 1. The number of hydrogen-bond donors (Lipinski definition) is 1. The van der Waals surface area contributed by atoms with E-state index in [0.717, 1.165) is 38.2 Å². The summed E-state index contributed by atoms with van der Waals surface area (Å²) in [5, 5.41) is 7.97. The van der Waals surface area contributed by atoms with E-state index >= 15 is 0 Å². The van der Waals surface area contributed by atoms with Gasteiger partial charge in [0.15, 0.2) is 0 Å². The van der Waals surface area contributed by atoms with Crippen molar-refractivity contribution in [1.29, 1.82) is 0 Å². The smallest absolute Gasteiger partial charge is 0.470 e. The third kappa shape index (κ3) is 8.71. The van der Waals surface area contributed by atoms with Crippen molar-refractivity contribution in [2.75, 3.05) is 5.32 Å². The Morgan fingerprint density at radius 1 is 1.00 bits per heavy atom. The molecule has 0 radical (unpaired) electrons. The van der Waals surface area contributed by atoms with Crippen LogP contribution in [0.1, 0.15) is 31.4 Å². The van der Waals surface area contributed by atoms with Crippen molar-refractivity contribution >= 4 is 34.5 Å². The SMILES string of the molecule is CC(C)(C)c1c[c-]no1.O=C(Cc1sc(-c2ccc(Cl)cc2)nc1-c1ccccc1)Nc1cc[c-]cc1.[K+]. The third-order valence-electron chi connectivity index (χ3n) is 5.29. The minimum atomic E-state index is -0.0744. The van der Waals surface area contributed by atoms with Gasteiger partial charge < -0.3 is 9.84 Å². The van der Waals surface area contributed by atoms with Crippen LogP contribution in [0.25, 0.3) is 21.8 Å². The first-order chi connectivity index (χ1) is 17.8. The Hall–Kier alpha value is -2.10. The number of amides is 1. The summed E-state index contributed by atoms with van der Waals surface area (Å²) in [5.74, 6) is 0.803. The van der Waals surface area contributed by atoms with Gasteiger partial charge in [-0.05, 0) is 23.3 Å². The van der Waals surface area contributed by atoms with Crippen LogP contribution in [0.3, 0.4) is 0 Å². The summed E-state index contributed by atoms with van der Waals surface area (Å²) in [6.07, 6.45) is 2.88. The summed E-state index contributed by atoms with van der Waals surface area (Å²) >= 11 is 7.54. The predicted octanol–water partition coefficient (Wildman–Crippen LogP) is 4.89. The van der Waals surface area contributed by atoms with E-state index in [1.807, 2.05) is 66.7 Å². The van der Waals surface area contributed by atoms with Crippen LogP contribution in [-0.2, 0) is 16.6 Å². The van der Waals surface area contributed by atoms with Gasteiger partial charge in [-0.15, -0.1) is 29.7 Å². The van der Waals surface area contributed by atoms with Gasteiger partial charge in [-0.1, -0.05) is 80.5 Å². The molecule has 1 N–H and O–H groups in total. The molecule has 2 heterocycles. The molecule has 38 heavy (non-hydrogen) atoms. The van der Waals surface area contributed by atoms with Gasteiger partial charge >= 0.3 is 51.4 Å². The van der Waals surface area contributed by atoms with E-state index < -0.39 is 0 Å². The Balaban J connectivity index is 0.000000341. The number of nitrogens with zero attached hydrogens (tertiary/aromatic N) is 2. The number of halogens is 1. The molecular formula is C30H26ClKN3O2S-. The maximum Gasteiger partial charge on any atom is 1.00 e. The minimum absolute atomic E-state index is 0. The zero-order valence-corrected chi connectivity index (χ0v) is 26.5. The topological polar surface area (TPSA) is 68.0 Å². The number of carbonyl (C=O) groups is 1. The summed E-state index contributed by atoms with van der Waals surface area (Å²) in [6.45, 7) is 6.21. The zero-order chi connectivity index (χ0) is 26.3. The first-order valence-electron chi connectivity index (χ1n) is 11.7. The molecule has 0 atom stereocenters. The number of benzene rings is 3. The molecule has 2 aromatic heterocycles. The van der Waals surface area contributed by atoms with Gasteiger partial charge in [0.25, 0.3) is 0 Å². The fourth-order valence-corrected chi connectivity index (χ4v) is 4.58. The third-order valence-corrected chi connectivity index (χ3v) is 6.65. The van der Waals surface area contributed by atoms with E-state index in [0.29, 0.717) is 5.02 Å². The summed E-state index contributed by atoms with van der Waals surface area (Å²) in [4.78, 5) is 18.4. The number of rotatable bonds is 5. The Bertz CT molecular complexity index is 1420. The first kappa shape index (κ1) is 30.4. The van der Waals surface area contributed by atoms with E-state index in [4.69, 9.17) is 21.1 Å². The Morgan fingerprint density at radius 3 is 2.26 bits per heavy atom. The van der Waals surface area contributed by atoms with Crippen molar-refractivity contribution in [1.82, 2.24) is 10.1 Å². The van der Waals surface area contributed by atoms with Gasteiger partial charge in [-0.3, -0.25) is 4.79 Å². The molecule has 0 saturated heterocycles. The van der Waals surface area contributed by atoms with E-state index in [1.54, 1.807) is 18.2 Å². The molecule has 0 unspecified atom stereocenters. The molecule has 5 rings (SSSR count). The minimum Gasteiger partial charge on any atom is -0.470 e. The van der Waals surface area contributed by atoms with Crippen LogP contribution in [0.5, 0.6) is 0 Å². The maximum atomic E-state index is 12.6. The molecule has 0 aliphatic rings. The zero-order valence-electron chi connectivity index (χ0n) is 21.8. The van der Waals surface area contributed by atoms with Crippen molar-refractivity contribution in [2.45, 2.75) is 32.6 Å². The molecule has 0 fully saturated rings. The molecule has 0 spiro atoms. The standard InChI is InChI=1S/C23H16ClN2OS.C7H10NO.K/c24-18-13-11-17(12-14-18)23-26-22(16-7-3-1-4-8-16)20(28-23)15-21(27)25-19-9-5-2-6-10-19;1-7(2,3)6-4-5-8-9-6;/h1,3-14H,15H2,(H,25,27);4H,1-3H3;/q2*-1;+1. The van der Waals surface area contributed by atoms with E-state index in [-0.39, 0.29) is 69.1 Å². The Labute approximate surface area is 275 Å². The molecule has 0 aliphatic carbocycles. The number of anilines is 1. The first-order valence-corrected chi connectivity index (χ1v) is 12.9. The van der Waals surface area contributed by atoms with Gasteiger partial charge in [-0.2, -0.15) is 24.3 Å². The molecule has 5 nitrogen and oxygen atoms in total. The second-order valence-corrected chi connectivity index (χ2v) is 10.8. The van der Waals surface area contributed by atoms with Gasteiger partial charge in [0, 0.05) is 21.0 Å². The number of aromatic nitrogens is 2. The maximum absolute atomic E-state index is 12.6. The van der Waals surface area contributed by atoms with E-state index in [1.165, 1.54) is 11.3 Å². The number of hydrogen-bond acceptors (Lipinski definition) is 5. The van der Waals surface area contributed by atoms with E-state index in [9.17, 15) is 4.79 Å². The van der Waals surface area contributed by atoms with Crippen LogP contribution in [0.2, 0.25) is 5.02 Å². The molecule has 5 aromatic rings. The average molecular weight is 567 g/mol. The predicted molar refractivity (Wildman–Crippen MR) is 150 cm³/mol. The van der Waals surface area contributed by atoms with Crippen molar-refractivity contribution in [2.24, 2.45) is 0 Å². The second kappa shape index (κ2) is 14.3. The summed E-state index contributed by atoms with van der Waals surface area (Å²) in [7, 11) is 0. The monoisotopic (exact) mass is 566 g/mol. The van der Waals surface area contributed by atoms with Crippen LogP contribution in [0.15, 0.2) is 89.5 Å². The molecule has 8 heteroatoms. The summed E-state index contributed by atoms with van der Waals surface area (Å²) < 4.78 is 4.89. The molecule has 0 bridgehead atoms. The van der Waals surface area contributed by atoms with Crippen molar-refractivity contribution in [3.63, 3.8) is 0 Å². The second-order valence-electron chi connectivity index (χ2n) is 9.25. The number of carbonyl (C=O) groups excluding carboxylic acids is 1. The van der Waals surface area contributed by atoms with Crippen LogP contribution in [0, 0.1) is 12.3 Å². The quantitative estimate of drug-likeness (QED) is 0.243. The van der Waals surface area contributed by atoms with Crippen molar-refractivity contribution in [3.05, 3.63) is 113 Å². The largest absolute Gasteiger partial charge is 1.00 e. The van der Waals surface area contributed by atoms with Gasteiger partial charge in [0.1, 0.15) is 5.01 Å².